The van der Waals surface area contributed by atoms with E-state index in [1.165, 1.54) is 0 Å². The molecule has 0 aromatic heterocycles. The molecule has 0 spiro atoms. The minimum Gasteiger partial charge on any atom is -0.492 e. The van der Waals surface area contributed by atoms with E-state index in [0.29, 0.717) is 11.8 Å². The fourth-order valence-corrected chi connectivity index (χ4v) is 1.96. The smallest absolute Gasteiger partial charge is 0.312 e. The molecule has 0 amide bonds. The van der Waals surface area contributed by atoms with Crippen LogP contribution < -0.4 is 4.74 Å². The van der Waals surface area contributed by atoms with Crippen molar-refractivity contribution in [3.63, 3.8) is 0 Å². The first-order valence-corrected chi connectivity index (χ1v) is 7.15. The number of benzene rings is 1. The quantitative estimate of drug-likeness (QED) is 0.837. The summed E-state index contributed by atoms with van der Waals surface area (Å²) < 4.78 is 5.94. The van der Waals surface area contributed by atoms with Crippen LogP contribution in [0.25, 0.3) is 0 Å². The zero-order valence-corrected chi connectivity index (χ0v) is 13.4. The van der Waals surface area contributed by atoms with E-state index in [0.717, 1.165) is 16.9 Å². The third-order valence-corrected chi connectivity index (χ3v) is 3.48. The summed E-state index contributed by atoms with van der Waals surface area (Å²) >= 11 is 0. The molecule has 1 aromatic rings. The van der Waals surface area contributed by atoms with Gasteiger partial charge in [-0.15, -0.1) is 0 Å². The van der Waals surface area contributed by atoms with E-state index in [9.17, 15) is 9.90 Å². The maximum absolute atomic E-state index is 11.2. The molecule has 0 bridgehead atoms. The lowest BCUT2D eigenvalue weighted by Crippen LogP contribution is -2.31. The lowest BCUT2D eigenvalue weighted by Gasteiger charge is -2.24. The molecule has 0 atom stereocenters. The molecular formula is C17H26O3. The van der Waals surface area contributed by atoms with Crippen molar-refractivity contribution in [1.29, 1.82) is 0 Å². The summed E-state index contributed by atoms with van der Waals surface area (Å²) in [6.45, 7) is 12.0. The van der Waals surface area contributed by atoms with E-state index in [4.69, 9.17) is 4.74 Å². The fraction of sp³-hybridized carbons (Fsp3) is 0.588. The Kier molecular flexibility index (Phi) is 5.21. The van der Waals surface area contributed by atoms with E-state index in [1.54, 1.807) is 13.8 Å². The first-order chi connectivity index (χ1) is 9.16. The Balaban J connectivity index is 3.12. The third kappa shape index (κ3) is 3.75. The fourth-order valence-electron chi connectivity index (χ4n) is 1.96. The highest BCUT2D eigenvalue weighted by Gasteiger charge is 2.29. The summed E-state index contributed by atoms with van der Waals surface area (Å²) in [5.74, 6) is 0.700. The van der Waals surface area contributed by atoms with Gasteiger partial charge in [0.25, 0.3) is 0 Å². The molecule has 20 heavy (non-hydrogen) atoms. The first kappa shape index (κ1) is 16.5. The van der Waals surface area contributed by atoms with Gasteiger partial charge >= 0.3 is 5.97 Å². The van der Waals surface area contributed by atoms with Crippen molar-refractivity contribution in [2.24, 2.45) is 5.41 Å². The van der Waals surface area contributed by atoms with Crippen LogP contribution in [0.1, 0.15) is 64.5 Å². The Bertz CT molecular complexity index is 447. The zero-order chi connectivity index (χ0) is 15.5. The molecule has 3 nitrogen and oxygen atoms in total. The van der Waals surface area contributed by atoms with Gasteiger partial charge in [0.15, 0.2) is 0 Å². The highest BCUT2D eigenvalue weighted by Crippen LogP contribution is 2.35. The van der Waals surface area contributed by atoms with Gasteiger partial charge in [0.2, 0.25) is 0 Å². The predicted molar refractivity (Wildman–Crippen MR) is 81.5 cm³/mol. The lowest BCUT2D eigenvalue weighted by molar-refractivity contribution is -0.148. The molecule has 0 unspecified atom stereocenters. The Morgan fingerprint density at radius 1 is 1.15 bits per heavy atom. The molecule has 0 fully saturated rings. The molecule has 1 aromatic carbocycles. The van der Waals surface area contributed by atoms with Gasteiger partial charge in [-0.3, -0.25) is 4.79 Å². The Labute approximate surface area is 122 Å². The van der Waals surface area contributed by atoms with Crippen LogP contribution >= 0.6 is 0 Å². The van der Waals surface area contributed by atoms with Crippen molar-refractivity contribution in [3.05, 3.63) is 29.3 Å². The SMILES string of the molecule is CC(C)c1cccc(C(C)C)c1OCC(C)(C)C(=O)O. The van der Waals surface area contributed by atoms with Crippen molar-refractivity contribution >= 4 is 5.97 Å². The van der Waals surface area contributed by atoms with E-state index >= 15 is 0 Å². The van der Waals surface area contributed by atoms with Gasteiger partial charge in [-0.25, -0.2) is 0 Å². The highest BCUT2D eigenvalue weighted by molar-refractivity contribution is 5.73. The summed E-state index contributed by atoms with van der Waals surface area (Å²) in [6.07, 6.45) is 0. The Hall–Kier alpha value is -1.51. The zero-order valence-electron chi connectivity index (χ0n) is 13.4. The molecule has 0 saturated carbocycles. The van der Waals surface area contributed by atoms with Crippen LogP contribution in [0.3, 0.4) is 0 Å². The average Bonchev–Trinajstić information content (AvgIpc) is 2.35. The predicted octanol–water partition coefficient (Wildman–Crippen LogP) is 4.42. The summed E-state index contributed by atoms with van der Waals surface area (Å²) in [5, 5.41) is 9.20. The lowest BCUT2D eigenvalue weighted by atomic mass is 9.92. The molecular weight excluding hydrogens is 252 g/mol. The first-order valence-electron chi connectivity index (χ1n) is 7.15. The third-order valence-electron chi connectivity index (χ3n) is 3.48. The van der Waals surface area contributed by atoms with Gasteiger partial charge in [0, 0.05) is 0 Å². The van der Waals surface area contributed by atoms with Gasteiger partial charge in [-0.2, -0.15) is 0 Å². The number of hydrogen-bond acceptors (Lipinski definition) is 2. The van der Waals surface area contributed by atoms with Crippen LogP contribution in [0.2, 0.25) is 0 Å². The number of rotatable bonds is 6. The number of aliphatic carboxylic acids is 1. The standard InChI is InChI=1S/C17H26O3/c1-11(2)13-8-7-9-14(12(3)4)15(13)20-10-17(5,6)16(18)19/h7-9,11-12H,10H2,1-6H3,(H,18,19). The van der Waals surface area contributed by atoms with Gasteiger partial charge in [-0.05, 0) is 36.8 Å². The Morgan fingerprint density at radius 3 is 1.95 bits per heavy atom. The summed E-state index contributed by atoms with van der Waals surface area (Å²) in [6, 6.07) is 6.15. The molecule has 3 heteroatoms. The van der Waals surface area contributed by atoms with Gasteiger partial charge in [0.05, 0.1) is 5.41 Å². The molecule has 0 aliphatic heterocycles. The second kappa shape index (κ2) is 6.29. The van der Waals surface area contributed by atoms with Crippen molar-refractivity contribution in [3.8, 4) is 5.75 Å². The number of carbonyl (C=O) groups is 1. The van der Waals surface area contributed by atoms with Crippen molar-refractivity contribution in [2.45, 2.75) is 53.4 Å². The minimum absolute atomic E-state index is 0.172. The second-order valence-electron chi connectivity index (χ2n) is 6.55. The minimum atomic E-state index is -0.891. The number of hydrogen-bond donors (Lipinski definition) is 1. The van der Waals surface area contributed by atoms with E-state index in [-0.39, 0.29) is 6.61 Å². The summed E-state index contributed by atoms with van der Waals surface area (Å²) in [4.78, 5) is 11.2. The number of carboxylic acid groups (broad SMARTS) is 1. The average molecular weight is 278 g/mol. The monoisotopic (exact) mass is 278 g/mol. The molecule has 1 N–H and O–H groups in total. The number of carboxylic acids is 1. The van der Waals surface area contributed by atoms with E-state index in [2.05, 4.69) is 39.8 Å². The Morgan fingerprint density at radius 2 is 1.60 bits per heavy atom. The second-order valence-corrected chi connectivity index (χ2v) is 6.55. The van der Waals surface area contributed by atoms with Crippen molar-refractivity contribution in [2.75, 3.05) is 6.61 Å². The van der Waals surface area contributed by atoms with Crippen LogP contribution in [0.5, 0.6) is 5.75 Å². The van der Waals surface area contributed by atoms with Crippen LogP contribution in [-0.4, -0.2) is 17.7 Å². The summed E-state index contributed by atoms with van der Waals surface area (Å²) in [7, 11) is 0. The molecule has 112 valence electrons. The normalized spacial score (nSPS) is 12.0. The number of para-hydroxylation sites is 1. The van der Waals surface area contributed by atoms with Crippen LogP contribution in [0, 0.1) is 5.41 Å². The van der Waals surface area contributed by atoms with E-state index < -0.39 is 11.4 Å². The maximum Gasteiger partial charge on any atom is 0.312 e. The van der Waals surface area contributed by atoms with Gasteiger partial charge < -0.3 is 9.84 Å². The summed E-state index contributed by atoms with van der Waals surface area (Å²) in [5.41, 5.74) is 1.38. The largest absolute Gasteiger partial charge is 0.492 e. The molecule has 0 radical (unpaired) electrons. The van der Waals surface area contributed by atoms with Crippen LogP contribution in [-0.2, 0) is 4.79 Å². The molecule has 0 aliphatic carbocycles. The molecule has 1 rings (SSSR count). The van der Waals surface area contributed by atoms with Gasteiger partial charge in [0.1, 0.15) is 12.4 Å². The topological polar surface area (TPSA) is 46.5 Å². The molecule has 0 saturated heterocycles. The highest BCUT2D eigenvalue weighted by atomic mass is 16.5. The van der Waals surface area contributed by atoms with Crippen LogP contribution in [0.15, 0.2) is 18.2 Å². The molecule has 0 aliphatic rings. The van der Waals surface area contributed by atoms with Crippen molar-refractivity contribution in [1.82, 2.24) is 0 Å². The van der Waals surface area contributed by atoms with Gasteiger partial charge in [-0.1, -0.05) is 45.9 Å². The maximum atomic E-state index is 11.2. The molecule has 0 heterocycles. The van der Waals surface area contributed by atoms with E-state index in [1.807, 2.05) is 6.07 Å². The van der Waals surface area contributed by atoms with Crippen LogP contribution in [0.4, 0.5) is 0 Å². The number of ether oxygens (including phenoxy) is 1. The van der Waals surface area contributed by atoms with Crippen molar-refractivity contribution < 1.29 is 14.6 Å².